The Hall–Kier alpha value is -2.88. The van der Waals surface area contributed by atoms with Crippen LogP contribution < -0.4 is 10.5 Å². The predicted molar refractivity (Wildman–Crippen MR) is 82.9 cm³/mol. The Balaban J connectivity index is 2.28. The summed E-state index contributed by atoms with van der Waals surface area (Å²) in [6, 6.07) is 5.55. The van der Waals surface area contributed by atoms with Crippen LogP contribution in [0.15, 0.2) is 29.7 Å². The van der Waals surface area contributed by atoms with Crippen molar-refractivity contribution in [3.63, 3.8) is 0 Å². The van der Waals surface area contributed by atoms with Gasteiger partial charge in [-0.2, -0.15) is 5.26 Å². The number of hydrogen-bond acceptors (Lipinski definition) is 4. The van der Waals surface area contributed by atoms with Crippen LogP contribution in [0.3, 0.4) is 0 Å². The Morgan fingerprint density at radius 2 is 2.00 bits per heavy atom. The van der Waals surface area contributed by atoms with Crippen LogP contribution in [0, 0.1) is 23.0 Å². The predicted octanol–water partition coefficient (Wildman–Crippen LogP) is 3.20. The molecule has 24 heavy (non-hydrogen) atoms. The summed E-state index contributed by atoms with van der Waals surface area (Å²) in [6.45, 7) is 5.91. The lowest BCUT2D eigenvalue weighted by Gasteiger charge is -2.27. The lowest BCUT2D eigenvalue weighted by Crippen LogP contribution is -2.24. The van der Waals surface area contributed by atoms with E-state index in [9.17, 15) is 14.0 Å². The van der Waals surface area contributed by atoms with Crippen molar-refractivity contribution in [3.8, 4) is 11.9 Å². The van der Waals surface area contributed by atoms with Gasteiger partial charge in [-0.3, -0.25) is 5.10 Å². The zero-order chi connectivity index (χ0) is 17.6. The van der Waals surface area contributed by atoms with Crippen LogP contribution >= 0.6 is 0 Å². The van der Waals surface area contributed by atoms with Gasteiger partial charge >= 0.3 is 0 Å². The second-order valence-corrected chi connectivity index (χ2v) is 6.67. The molecular formula is C17H16F2N4O. The second-order valence-electron chi connectivity index (χ2n) is 6.67. The molecule has 3 N–H and O–H groups in total. The largest absolute Gasteiger partial charge is 0.420 e. The van der Waals surface area contributed by atoms with Crippen LogP contribution in [-0.2, 0) is 5.41 Å². The van der Waals surface area contributed by atoms with E-state index in [1.54, 1.807) is 0 Å². The maximum atomic E-state index is 13.7. The standard InChI is InChI=1S/C17H16F2N4O/c1-17(2,3)14-13-12(8-4-5-10(18)11(19)6-8)9(7-20)15(21)24-16(13)23-22-14/h4-6,12H,21H2,1-3H3,(H,22,23)/t12-/m1/s1. The molecule has 0 saturated carbocycles. The van der Waals surface area contributed by atoms with Gasteiger partial charge in [0.2, 0.25) is 11.8 Å². The zero-order valence-electron chi connectivity index (χ0n) is 13.4. The molecule has 0 bridgehead atoms. The number of nitrogens with zero attached hydrogens (tertiary/aromatic N) is 2. The topological polar surface area (TPSA) is 87.7 Å². The lowest BCUT2D eigenvalue weighted by atomic mass is 9.79. The van der Waals surface area contributed by atoms with Crippen LogP contribution in [0.2, 0.25) is 0 Å². The molecule has 124 valence electrons. The van der Waals surface area contributed by atoms with E-state index < -0.39 is 17.6 Å². The SMILES string of the molecule is CC(C)(C)c1[nH]nc2c1[C@H](c1ccc(F)c(F)c1)C(C#N)=C(N)O2. The summed E-state index contributed by atoms with van der Waals surface area (Å²) in [6.07, 6.45) is 0. The second kappa shape index (κ2) is 5.34. The van der Waals surface area contributed by atoms with Gasteiger partial charge in [0, 0.05) is 11.1 Å². The monoisotopic (exact) mass is 330 g/mol. The highest BCUT2D eigenvalue weighted by Gasteiger charge is 2.38. The number of nitriles is 1. The van der Waals surface area contributed by atoms with Crippen molar-refractivity contribution < 1.29 is 13.5 Å². The van der Waals surface area contributed by atoms with Gasteiger partial charge in [-0.15, -0.1) is 5.10 Å². The molecular weight excluding hydrogens is 314 g/mol. The summed E-state index contributed by atoms with van der Waals surface area (Å²) in [7, 11) is 0. The third kappa shape index (κ3) is 2.40. The molecule has 1 aliphatic heterocycles. The van der Waals surface area contributed by atoms with E-state index in [2.05, 4.69) is 10.2 Å². The molecule has 1 aromatic carbocycles. The summed E-state index contributed by atoms with van der Waals surface area (Å²) in [4.78, 5) is 0. The Morgan fingerprint density at radius 1 is 1.29 bits per heavy atom. The smallest absolute Gasteiger partial charge is 0.244 e. The normalized spacial score (nSPS) is 17.2. The van der Waals surface area contributed by atoms with E-state index >= 15 is 0 Å². The number of H-pyrrole nitrogens is 1. The number of nitrogens with two attached hydrogens (primary N) is 1. The first-order chi connectivity index (χ1) is 11.2. The van der Waals surface area contributed by atoms with Gasteiger partial charge in [-0.05, 0) is 17.7 Å². The van der Waals surface area contributed by atoms with Gasteiger partial charge in [0.15, 0.2) is 11.6 Å². The van der Waals surface area contributed by atoms with E-state index in [-0.39, 0.29) is 22.8 Å². The Bertz CT molecular complexity index is 887. The molecule has 0 unspecified atom stereocenters. The summed E-state index contributed by atoms with van der Waals surface area (Å²) < 4.78 is 32.5. The van der Waals surface area contributed by atoms with Crippen LogP contribution in [0.1, 0.15) is 43.5 Å². The molecule has 0 aliphatic carbocycles. The first-order valence-corrected chi connectivity index (χ1v) is 7.35. The summed E-state index contributed by atoms with van der Waals surface area (Å²) in [5.41, 5.74) is 7.41. The number of ether oxygens (including phenoxy) is 1. The molecule has 5 nitrogen and oxygen atoms in total. The quantitative estimate of drug-likeness (QED) is 0.840. The molecule has 2 heterocycles. The van der Waals surface area contributed by atoms with Crippen LogP contribution in [0.25, 0.3) is 0 Å². The maximum absolute atomic E-state index is 13.7. The van der Waals surface area contributed by atoms with Crippen molar-refractivity contribution in [2.75, 3.05) is 0 Å². The maximum Gasteiger partial charge on any atom is 0.244 e. The van der Waals surface area contributed by atoms with Crippen LogP contribution in [0.4, 0.5) is 8.78 Å². The number of hydrogen-bond donors (Lipinski definition) is 2. The van der Waals surface area contributed by atoms with Crippen molar-refractivity contribution in [2.45, 2.75) is 32.1 Å². The van der Waals surface area contributed by atoms with Crippen molar-refractivity contribution in [1.29, 1.82) is 5.26 Å². The highest BCUT2D eigenvalue weighted by molar-refractivity contribution is 5.56. The molecule has 1 aliphatic rings. The number of benzene rings is 1. The Labute approximate surface area is 137 Å². The zero-order valence-corrected chi connectivity index (χ0v) is 13.4. The first-order valence-electron chi connectivity index (χ1n) is 7.35. The molecule has 0 saturated heterocycles. The fraction of sp³-hybridized carbons (Fsp3) is 0.294. The van der Waals surface area contributed by atoms with E-state index in [0.717, 1.165) is 17.8 Å². The van der Waals surface area contributed by atoms with Crippen LogP contribution in [-0.4, -0.2) is 10.2 Å². The average Bonchev–Trinajstić information content (AvgIpc) is 2.92. The van der Waals surface area contributed by atoms with E-state index in [1.807, 2.05) is 26.8 Å². The third-order valence-corrected chi connectivity index (χ3v) is 3.97. The average molecular weight is 330 g/mol. The molecule has 0 fully saturated rings. The van der Waals surface area contributed by atoms with Crippen LogP contribution in [0.5, 0.6) is 5.88 Å². The molecule has 2 aromatic rings. The summed E-state index contributed by atoms with van der Waals surface area (Å²) in [5.74, 6) is -2.47. The fourth-order valence-corrected chi connectivity index (χ4v) is 2.84. The number of rotatable bonds is 1. The molecule has 1 atom stereocenters. The van der Waals surface area contributed by atoms with Crippen molar-refractivity contribution in [3.05, 3.63) is 58.1 Å². The highest BCUT2D eigenvalue weighted by Crippen LogP contribution is 2.45. The number of aromatic nitrogens is 2. The van der Waals surface area contributed by atoms with Gasteiger partial charge in [-0.25, -0.2) is 8.78 Å². The Morgan fingerprint density at radius 3 is 2.58 bits per heavy atom. The van der Waals surface area contributed by atoms with E-state index in [0.29, 0.717) is 11.1 Å². The highest BCUT2D eigenvalue weighted by atomic mass is 19.2. The van der Waals surface area contributed by atoms with Crippen molar-refractivity contribution >= 4 is 0 Å². The van der Waals surface area contributed by atoms with Gasteiger partial charge in [0.25, 0.3) is 0 Å². The van der Waals surface area contributed by atoms with Gasteiger partial charge in [0.05, 0.1) is 11.5 Å². The molecule has 7 heteroatoms. The van der Waals surface area contributed by atoms with E-state index in [4.69, 9.17) is 10.5 Å². The first kappa shape index (κ1) is 16.0. The van der Waals surface area contributed by atoms with Gasteiger partial charge in [-0.1, -0.05) is 26.8 Å². The minimum atomic E-state index is -0.989. The molecule has 0 spiro atoms. The van der Waals surface area contributed by atoms with E-state index in [1.165, 1.54) is 6.07 Å². The Kier molecular flexibility index (Phi) is 3.56. The lowest BCUT2D eigenvalue weighted by molar-refractivity contribution is 0.378. The summed E-state index contributed by atoms with van der Waals surface area (Å²) in [5, 5.41) is 16.5. The third-order valence-electron chi connectivity index (χ3n) is 3.97. The van der Waals surface area contributed by atoms with Gasteiger partial charge in [0.1, 0.15) is 11.6 Å². The fourth-order valence-electron chi connectivity index (χ4n) is 2.84. The summed E-state index contributed by atoms with van der Waals surface area (Å²) >= 11 is 0. The molecule has 3 rings (SSSR count). The number of nitrogens with one attached hydrogen (secondary N) is 1. The van der Waals surface area contributed by atoms with Crippen molar-refractivity contribution in [2.24, 2.45) is 5.73 Å². The minimum absolute atomic E-state index is 0.0910. The van der Waals surface area contributed by atoms with Gasteiger partial charge < -0.3 is 10.5 Å². The molecule has 0 amide bonds. The number of halogens is 2. The number of aromatic amines is 1. The minimum Gasteiger partial charge on any atom is -0.420 e. The molecule has 0 radical (unpaired) electrons. The number of fused-ring (bicyclic) bond motifs is 1. The molecule has 1 aromatic heterocycles. The number of allylic oxidation sites excluding steroid dienone is 1. The van der Waals surface area contributed by atoms with Crippen molar-refractivity contribution in [1.82, 2.24) is 10.2 Å².